The topological polar surface area (TPSA) is 101 Å². The Morgan fingerprint density at radius 2 is 1.88 bits per heavy atom. The molecule has 2 N–H and O–H groups in total. The van der Waals surface area contributed by atoms with Gasteiger partial charge in [0.05, 0.1) is 11.6 Å². The number of aromatic nitrogens is 2. The molecule has 25 heavy (non-hydrogen) atoms. The Labute approximate surface area is 142 Å². The van der Waals surface area contributed by atoms with Crippen LogP contribution in [-0.4, -0.2) is 32.8 Å². The van der Waals surface area contributed by atoms with Gasteiger partial charge in [-0.05, 0) is 49.6 Å². The van der Waals surface area contributed by atoms with Gasteiger partial charge >= 0.3 is 5.97 Å². The SMILES string of the molecule is O=C(N[C@@H]1CC[C@H](C(=O)O)C1)c1ccc(=O)n(-c2ccc(F)cc2)n1. The molecule has 1 fully saturated rings. The summed E-state index contributed by atoms with van der Waals surface area (Å²) in [7, 11) is 0. The summed E-state index contributed by atoms with van der Waals surface area (Å²) in [6.45, 7) is 0. The van der Waals surface area contributed by atoms with Gasteiger partial charge in [-0.25, -0.2) is 4.39 Å². The predicted octanol–water partition coefficient (Wildman–Crippen LogP) is 1.35. The number of carbonyl (C=O) groups is 2. The van der Waals surface area contributed by atoms with Gasteiger partial charge in [0.15, 0.2) is 0 Å². The zero-order valence-electron chi connectivity index (χ0n) is 13.2. The fourth-order valence-electron chi connectivity index (χ4n) is 2.90. The van der Waals surface area contributed by atoms with Crippen LogP contribution in [0.2, 0.25) is 0 Å². The van der Waals surface area contributed by atoms with Crippen molar-refractivity contribution < 1.29 is 19.1 Å². The maximum atomic E-state index is 13.0. The van der Waals surface area contributed by atoms with E-state index in [4.69, 9.17) is 5.11 Å². The van der Waals surface area contributed by atoms with E-state index in [1.165, 1.54) is 36.4 Å². The van der Waals surface area contributed by atoms with Crippen LogP contribution in [0.5, 0.6) is 0 Å². The van der Waals surface area contributed by atoms with Crippen LogP contribution in [0.15, 0.2) is 41.2 Å². The summed E-state index contributed by atoms with van der Waals surface area (Å²) in [5.74, 6) is -2.24. The molecule has 0 saturated heterocycles. The molecule has 1 amide bonds. The molecule has 1 heterocycles. The Balaban J connectivity index is 1.78. The summed E-state index contributed by atoms with van der Waals surface area (Å²) in [5.41, 5.74) is -0.0782. The monoisotopic (exact) mass is 345 g/mol. The largest absolute Gasteiger partial charge is 0.481 e. The van der Waals surface area contributed by atoms with E-state index in [2.05, 4.69) is 10.4 Å². The number of nitrogens with one attached hydrogen (secondary N) is 1. The van der Waals surface area contributed by atoms with Gasteiger partial charge in [-0.3, -0.25) is 14.4 Å². The van der Waals surface area contributed by atoms with Gasteiger partial charge in [-0.15, -0.1) is 0 Å². The van der Waals surface area contributed by atoms with Crippen molar-refractivity contribution in [3.8, 4) is 5.69 Å². The lowest BCUT2D eigenvalue weighted by Gasteiger charge is -2.12. The number of carbonyl (C=O) groups excluding carboxylic acids is 1. The van der Waals surface area contributed by atoms with E-state index in [1.807, 2.05) is 0 Å². The molecule has 1 aliphatic carbocycles. The molecule has 1 aromatic carbocycles. The Hall–Kier alpha value is -3.03. The highest BCUT2D eigenvalue weighted by Crippen LogP contribution is 2.25. The van der Waals surface area contributed by atoms with Crippen LogP contribution in [0.25, 0.3) is 5.69 Å². The molecule has 0 aliphatic heterocycles. The van der Waals surface area contributed by atoms with E-state index in [9.17, 15) is 18.8 Å². The van der Waals surface area contributed by atoms with E-state index >= 15 is 0 Å². The molecule has 7 nitrogen and oxygen atoms in total. The summed E-state index contributed by atoms with van der Waals surface area (Å²) in [5, 5.41) is 15.8. The Morgan fingerprint density at radius 3 is 2.52 bits per heavy atom. The molecule has 3 rings (SSSR count). The summed E-state index contributed by atoms with van der Waals surface area (Å²) < 4.78 is 14.0. The average Bonchev–Trinajstić information content (AvgIpc) is 3.05. The number of halogens is 1. The molecular formula is C17H16FN3O4. The molecule has 2 atom stereocenters. The van der Waals surface area contributed by atoms with Crippen molar-refractivity contribution in [1.29, 1.82) is 0 Å². The lowest BCUT2D eigenvalue weighted by molar-refractivity contribution is -0.141. The van der Waals surface area contributed by atoms with Gasteiger partial charge in [0.2, 0.25) is 0 Å². The number of aliphatic carboxylic acids is 1. The van der Waals surface area contributed by atoms with Crippen molar-refractivity contribution in [2.45, 2.75) is 25.3 Å². The van der Waals surface area contributed by atoms with Gasteiger partial charge in [-0.2, -0.15) is 9.78 Å². The number of amides is 1. The van der Waals surface area contributed by atoms with Crippen molar-refractivity contribution in [2.24, 2.45) is 5.92 Å². The van der Waals surface area contributed by atoms with Crippen molar-refractivity contribution >= 4 is 11.9 Å². The second-order valence-corrected chi connectivity index (χ2v) is 5.96. The molecule has 8 heteroatoms. The zero-order chi connectivity index (χ0) is 18.0. The van der Waals surface area contributed by atoms with Crippen LogP contribution < -0.4 is 10.9 Å². The normalized spacial score (nSPS) is 19.6. The summed E-state index contributed by atoms with van der Waals surface area (Å²) in [6.07, 6.45) is 1.47. The van der Waals surface area contributed by atoms with Crippen LogP contribution in [0.4, 0.5) is 4.39 Å². The molecular weight excluding hydrogens is 329 g/mol. The second kappa shape index (κ2) is 6.84. The molecule has 1 aliphatic rings. The van der Waals surface area contributed by atoms with Crippen LogP contribution >= 0.6 is 0 Å². The molecule has 0 unspecified atom stereocenters. The van der Waals surface area contributed by atoms with Crippen LogP contribution in [0.1, 0.15) is 29.8 Å². The predicted molar refractivity (Wildman–Crippen MR) is 86.0 cm³/mol. The minimum absolute atomic E-state index is 0.0303. The zero-order valence-corrected chi connectivity index (χ0v) is 13.2. The highest BCUT2D eigenvalue weighted by atomic mass is 19.1. The third-order valence-corrected chi connectivity index (χ3v) is 4.22. The van der Waals surface area contributed by atoms with Crippen molar-refractivity contribution in [3.63, 3.8) is 0 Å². The second-order valence-electron chi connectivity index (χ2n) is 5.96. The first-order valence-electron chi connectivity index (χ1n) is 7.84. The van der Waals surface area contributed by atoms with E-state index in [0.717, 1.165) is 4.68 Å². The van der Waals surface area contributed by atoms with Crippen molar-refractivity contribution in [1.82, 2.24) is 15.1 Å². The molecule has 1 aromatic heterocycles. The van der Waals surface area contributed by atoms with Crippen LogP contribution in [0.3, 0.4) is 0 Å². The minimum atomic E-state index is -0.861. The molecule has 2 aromatic rings. The number of carboxylic acid groups (broad SMARTS) is 1. The fraction of sp³-hybridized carbons (Fsp3) is 0.294. The van der Waals surface area contributed by atoms with Crippen molar-refractivity contribution in [2.75, 3.05) is 0 Å². The highest BCUT2D eigenvalue weighted by molar-refractivity contribution is 5.92. The van der Waals surface area contributed by atoms with Crippen LogP contribution in [0, 0.1) is 11.7 Å². The lowest BCUT2D eigenvalue weighted by Crippen LogP contribution is -2.35. The average molecular weight is 345 g/mol. The quantitative estimate of drug-likeness (QED) is 0.871. The number of hydrogen-bond acceptors (Lipinski definition) is 4. The van der Waals surface area contributed by atoms with E-state index in [1.54, 1.807) is 0 Å². The Kier molecular flexibility index (Phi) is 4.60. The number of nitrogens with zero attached hydrogens (tertiary/aromatic N) is 2. The lowest BCUT2D eigenvalue weighted by atomic mass is 10.1. The van der Waals surface area contributed by atoms with Gasteiger partial charge in [0.1, 0.15) is 11.5 Å². The van der Waals surface area contributed by atoms with E-state index < -0.39 is 29.2 Å². The van der Waals surface area contributed by atoms with Crippen LogP contribution in [-0.2, 0) is 4.79 Å². The number of hydrogen-bond donors (Lipinski definition) is 2. The Bertz CT molecular complexity index is 863. The molecule has 130 valence electrons. The van der Waals surface area contributed by atoms with Gasteiger partial charge in [0.25, 0.3) is 11.5 Å². The van der Waals surface area contributed by atoms with E-state index in [0.29, 0.717) is 24.9 Å². The maximum absolute atomic E-state index is 13.0. The number of benzene rings is 1. The molecule has 0 radical (unpaired) electrons. The minimum Gasteiger partial charge on any atom is -0.481 e. The Morgan fingerprint density at radius 1 is 1.16 bits per heavy atom. The number of carboxylic acids is 1. The molecule has 0 bridgehead atoms. The standard InChI is InChI=1S/C17H16FN3O4/c18-11-2-5-13(6-3-11)21-15(22)8-7-14(20-21)16(23)19-12-4-1-10(9-12)17(24)25/h2-3,5-8,10,12H,1,4,9H2,(H,19,23)(H,24,25)/t10-,12+/m0/s1. The summed E-state index contributed by atoms with van der Waals surface area (Å²) >= 11 is 0. The van der Waals surface area contributed by atoms with Crippen molar-refractivity contribution in [3.05, 3.63) is 58.3 Å². The molecule has 0 spiro atoms. The highest BCUT2D eigenvalue weighted by Gasteiger charge is 2.30. The smallest absolute Gasteiger partial charge is 0.306 e. The third-order valence-electron chi connectivity index (χ3n) is 4.22. The first-order valence-corrected chi connectivity index (χ1v) is 7.84. The first kappa shape index (κ1) is 16.8. The van der Waals surface area contributed by atoms with Gasteiger partial charge < -0.3 is 10.4 Å². The first-order chi connectivity index (χ1) is 11.9. The fourth-order valence-corrected chi connectivity index (χ4v) is 2.90. The summed E-state index contributed by atoms with van der Waals surface area (Å²) in [4.78, 5) is 35.3. The van der Waals surface area contributed by atoms with Gasteiger partial charge in [0, 0.05) is 12.1 Å². The molecule has 1 saturated carbocycles. The third kappa shape index (κ3) is 3.73. The summed E-state index contributed by atoms with van der Waals surface area (Å²) in [6, 6.07) is 7.45. The van der Waals surface area contributed by atoms with E-state index in [-0.39, 0.29) is 11.7 Å². The maximum Gasteiger partial charge on any atom is 0.306 e. The van der Waals surface area contributed by atoms with Gasteiger partial charge in [-0.1, -0.05) is 0 Å². The number of rotatable bonds is 4.